The van der Waals surface area contributed by atoms with E-state index in [1.807, 2.05) is 6.92 Å². The first-order chi connectivity index (χ1) is 6.22. The summed E-state index contributed by atoms with van der Waals surface area (Å²) in [5.74, 6) is 0.385. The van der Waals surface area contributed by atoms with E-state index in [1.165, 1.54) is 12.4 Å². The first-order valence-corrected chi connectivity index (χ1v) is 4.37. The number of carbonyl (C=O) groups excluding carboxylic acids is 1. The van der Waals surface area contributed by atoms with Gasteiger partial charge in [0.05, 0.1) is 0 Å². The Morgan fingerprint density at radius 1 is 1.62 bits per heavy atom. The number of hydrogen-bond donors (Lipinski definition) is 1. The van der Waals surface area contributed by atoms with E-state index in [9.17, 15) is 4.79 Å². The Bertz CT molecular complexity index is 303. The van der Waals surface area contributed by atoms with Crippen molar-refractivity contribution in [1.82, 2.24) is 9.97 Å². The maximum atomic E-state index is 11.1. The molecule has 0 unspecified atom stereocenters. The summed E-state index contributed by atoms with van der Waals surface area (Å²) in [6, 6.07) is 1.51. The molecule has 4 nitrogen and oxygen atoms in total. The summed E-state index contributed by atoms with van der Waals surface area (Å²) in [4.78, 5) is 18.6. The largest absolute Gasteiger partial charge is 0.311 e. The van der Waals surface area contributed by atoms with Crippen LogP contribution in [0.5, 0.6) is 0 Å². The normalized spacial score (nSPS) is 9.69. The van der Waals surface area contributed by atoms with Crippen LogP contribution in [0.3, 0.4) is 0 Å². The molecule has 0 atom stereocenters. The van der Waals surface area contributed by atoms with E-state index in [1.54, 1.807) is 0 Å². The molecule has 0 radical (unpaired) electrons. The van der Waals surface area contributed by atoms with Gasteiger partial charge in [0.15, 0.2) is 0 Å². The van der Waals surface area contributed by atoms with Crippen LogP contribution in [0.25, 0.3) is 0 Å². The van der Waals surface area contributed by atoms with Gasteiger partial charge in [0.25, 0.3) is 0 Å². The van der Waals surface area contributed by atoms with Crippen molar-refractivity contribution in [2.75, 3.05) is 5.32 Å². The van der Waals surface area contributed by atoms with Gasteiger partial charge < -0.3 is 5.32 Å². The number of anilines is 1. The number of nitrogens with zero attached hydrogens (tertiary/aromatic N) is 2. The van der Waals surface area contributed by atoms with Crippen molar-refractivity contribution in [3.63, 3.8) is 0 Å². The lowest BCUT2D eigenvalue weighted by atomic mass is 10.3. The van der Waals surface area contributed by atoms with Crippen LogP contribution in [0.1, 0.15) is 19.8 Å². The van der Waals surface area contributed by atoms with Crippen molar-refractivity contribution < 1.29 is 4.79 Å². The lowest BCUT2D eigenvalue weighted by molar-refractivity contribution is -0.116. The second-order valence-electron chi connectivity index (χ2n) is 2.52. The van der Waals surface area contributed by atoms with Crippen molar-refractivity contribution in [3.8, 4) is 0 Å². The highest BCUT2D eigenvalue weighted by Gasteiger charge is 2.01. The fourth-order valence-electron chi connectivity index (χ4n) is 0.834. The van der Waals surface area contributed by atoms with Gasteiger partial charge in [0, 0.05) is 12.5 Å². The first-order valence-electron chi connectivity index (χ1n) is 3.99. The molecule has 0 aliphatic rings. The van der Waals surface area contributed by atoms with E-state index in [2.05, 4.69) is 15.3 Å². The zero-order chi connectivity index (χ0) is 9.68. The molecule has 1 heterocycles. The number of halogens is 1. The lowest BCUT2D eigenvalue weighted by Gasteiger charge is -2.01. The van der Waals surface area contributed by atoms with Crippen molar-refractivity contribution in [1.29, 1.82) is 0 Å². The number of hydrogen-bond acceptors (Lipinski definition) is 3. The minimum absolute atomic E-state index is 0.0581. The zero-order valence-corrected chi connectivity index (χ0v) is 8.01. The molecule has 1 aromatic rings. The average Bonchev–Trinajstić information content (AvgIpc) is 2.04. The van der Waals surface area contributed by atoms with Crippen LogP contribution >= 0.6 is 11.6 Å². The van der Waals surface area contributed by atoms with Crippen LogP contribution in [0.4, 0.5) is 5.82 Å². The SMILES string of the molecule is CCCC(=O)Nc1cc(Cl)ncn1. The van der Waals surface area contributed by atoms with Gasteiger partial charge in [0.2, 0.25) is 5.91 Å². The fourth-order valence-corrected chi connectivity index (χ4v) is 0.981. The van der Waals surface area contributed by atoms with Crippen LogP contribution in [-0.4, -0.2) is 15.9 Å². The number of nitrogens with one attached hydrogen (secondary N) is 1. The van der Waals surface area contributed by atoms with Crippen molar-refractivity contribution in [2.45, 2.75) is 19.8 Å². The minimum atomic E-state index is -0.0581. The van der Waals surface area contributed by atoms with Gasteiger partial charge in [-0.15, -0.1) is 0 Å². The Hall–Kier alpha value is -1.16. The standard InChI is InChI=1S/C8H10ClN3O/c1-2-3-8(13)12-7-4-6(9)10-5-11-7/h4-5H,2-3H2,1H3,(H,10,11,12,13). The molecule has 1 rings (SSSR count). The molecule has 0 aromatic carbocycles. The maximum absolute atomic E-state index is 11.1. The highest BCUT2D eigenvalue weighted by molar-refractivity contribution is 6.29. The summed E-state index contributed by atoms with van der Waals surface area (Å²) in [5.41, 5.74) is 0. The molecule has 1 N–H and O–H groups in total. The van der Waals surface area contributed by atoms with E-state index >= 15 is 0 Å². The summed E-state index contributed by atoms with van der Waals surface area (Å²) in [5, 5.41) is 2.93. The highest BCUT2D eigenvalue weighted by atomic mass is 35.5. The topological polar surface area (TPSA) is 54.9 Å². The Kier molecular flexibility index (Phi) is 3.64. The molecule has 0 aliphatic heterocycles. The van der Waals surface area contributed by atoms with Crippen molar-refractivity contribution in [3.05, 3.63) is 17.5 Å². The Balaban J connectivity index is 2.58. The van der Waals surface area contributed by atoms with Gasteiger partial charge in [-0.3, -0.25) is 4.79 Å². The third kappa shape index (κ3) is 3.38. The third-order valence-electron chi connectivity index (χ3n) is 1.38. The number of rotatable bonds is 3. The third-order valence-corrected chi connectivity index (χ3v) is 1.58. The Morgan fingerprint density at radius 2 is 2.38 bits per heavy atom. The van der Waals surface area contributed by atoms with Crippen LogP contribution < -0.4 is 5.32 Å². The van der Waals surface area contributed by atoms with Gasteiger partial charge in [-0.1, -0.05) is 18.5 Å². The van der Waals surface area contributed by atoms with Crippen molar-refractivity contribution >= 4 is 23.3 Å². The summed E-state index contributed by atoms with van der Waals surface area (Å²) < 4.78 is 0. The molecule has 0 saturated carbocycles. The van der Waals surface area contributed by atoms with Gasteiger partial charge in [-0.05, 0) is 6.42 Å². The smallest absolute Gasteiger partial charge is 0.225 e. The highest BCUT2D eigenvalue weighted by Crippen LogP contribution is 2.08. The fraction of sp³-hybridized carbons (Fsp3) is 0.375. The minimum Gasteiger partial charge on any atom is -0.311 e. The van der Waals surface area contributed by atoms with E-state index < -0.39 is 0 Å². The zero-order valence-electron chi connectivity index (χ0n) is 7.25. The van der Waals surface area contributed by atoms with E-state index in [0.717, 1.165) is 6.42 Å². The van der Waals surface area contributed by atoms with E-state index in [4.69, 9.17) is 11.6 Å². The van der Waals surface area contributed by atoms with Crippen LogP contribution in [-0.2, 0) is 4.79 Å². The predicted octanol–water partition coefficient (Wildman–Crippen LogP) is 1.87. The van der Waals surface area contributed by atoms with Crippen LogP contribution in [0.15, 0.2) is 12.4 Å². The molecule has 0 aliphatic carbocycles. The lowest BCUT2D eigenvalue weighted by Crippen LogP contribution is -2.11. The van der Waals surface area contributed by atoms with Gasteiger partial charge in [0.1, 0.15) is 17.3 Å². The molecule has 0 spiro atoms. The predicted molar refractivity (Wildman–Crippen MR) is 50.6 cm³/mol. The van der Waals surface area contributed by atoms with Crippen LogP contribution in [0, 0.1) is 0 Å². The van der Waals surface area contributed by atoms with Crippen molar-refractivity contribution in [2.24, 2.45) is 0 Å². The average molecular weight is 200 g/mol. The maximum Gasteiger partial charge on any atom is 0.225 e. The van der Waals surface area contributed by atoms with E-state index in [0.29, 0.717) is 17.4 Å². The molecule has 5 heteroatoms. The van der Waals surface area contributed by atoms with E-state index in [-0.39, 0.29) is 5.91 Å². The summed E-state index contributed by atoms with van der Waals surface area (Å²) >= 11 is 5.60. The number of aromatic nitrogens is 2. The summed E-state index contributed by atoms with van der Waals surface area (Å²) in [6.07, 6.45) is 2.61. The van der Waals surface area contributed by atoms with Crippen LogP contribution in [0.2, 0.25) is 5.15 Å². The Morgan fingerprint density at radius 3 is 3.00 bits per heavy atom. The molecular formula is C8H10ClN3O. The molecular weight excluding hydrogens is 190 g/mol. The second-order valence-corrected chi connectivity index (χ2v) is 2.91. The summed E-state index contributed by atoms with van der Waals surface area (Å²) in [7, 11) is 0. The Labute approximate surface area is 81.3 Å². The van der Waals surface area contributed by atoms with Gasteiger partial charge in [-0.2, -0.15) is 0 Å². The quantitative estimate of drug-likeness (QED) is 0.757. The molecule has 0 fully saturated rings. The number of carbonyl (C=O) groups is 1. The monoisotopic (exact) mass is 199 g/mol. The molecule has 0 bridgehead atoms. The molecule has 0 saturated heterocycles. The molecule has 70 valence electrons. The molecule has 13 heavy (non-hydrogen) atoms. The van der Waals surface area contributed by atoms with Gasteiger partial charge in [-0.25, -0.2) is 9.97 Å². The summed E-state index contributed by atoms with van der Waals surface area (Å²) in [6.45, 7) is 1.94. The molecule has 1 amide bonds. The number of amides is 1. The molecule has 1 aromatic heterocycles. The first kappa shape index (κ1) is 9.92. The second kappa shape index (κ2) is 4.77. The van der Waals surface area contributed by atoms with Gasteiger partial charge >= 0.3 is 0 Å².